The third kappa shape index (κ3) is 3.29. The third-order valence-electron chi connectivity index (χ3n) is 3.67. The van der Waals surface area contributed by atoms with Gasteiger partial charge in [-0.25, -0.2) is 0 Å². The van der Waals surface area contributed by atoms with Crippen molar-refractivity contribution >= 4 is 16.8 Å². The van der Waals surface area contributed by atoms with Crippen molar-refractivity contribution in [1.82, 2.24) is 25.5 Å². The van der Waals surface area contributed by atoms with Gasteiger partial charge in [0.25, 0.3) is 5.56 Å². The minimum Gasteiger partial charge on any atom is -0.348 e. The predicted molar refractivity (Wildman–Crippen MR) is 89.4 cm³/mol. The number of nitrogens with zero attached hydrogens (tertiary/aromatic N) is 3. The van der Waals surface area contributed by atoms with Crippen molar-refractivity contribution in [2.75, 3.05) is 0 Å². The van der Waals surface area contributed by atoms with Gasteiger partial charge in [0, 0.05) is 24.9 Å². The van der Waals surface area contributed by atoms with Crippen LogP contribution < -0.4 is 10.9 Å². The van der Waals surface area contributed by atoms with Crippen LogP contribution in [0.1, 0.15) is 37.0 Å². The minimum atomic E-state index is -0.493. The first-order chi connectivity index (χ1) is 11.5. The summed E-state index contributed by atoms with van der Waals surface area (Å²) in [6.07, 6.45) is 2.16. The van der Waals surface area contributed by atoms with Crippen molar-refractivity contribution in [3.63, 3.8) is 0 Å². The van der Waals surface area contributed by atoms with Crippen molar-refractivity contribution in [1.29, 1.82) is 0 Å². The molecule has 3 aromatic rings. The number of fused-ring (bicyclic) bond motifs is 1. The SMILES string of the molecule is CC(=O)NC(C)c1nnc(Cc2cccc3cccnc23)[nH]c1=O. The second-order valence-electron chi connectivity index (χ2n) is 5.58. The summed E-state index contributed by atoms with van der Waals surface area (Å²) < 4.78 is 0. The normalized spacial score (nSPS) is 12.1. The molecule has 0 aliphatic carbocycles. The molecule has 0 aliphatic rings. The molecule has 0 saturated heterocycles. The summed E-state index contributed by atoms with van der Waals surface area (Å²) >= 11 is 0. The quantitative estimate of drug-likeness (QED) is 0.758. The molecule has 24 heavy (non-hydrogen) atoms. The molecule has 7 heteroatoms. The number of hydrogen-bond donors (Lipinski definition) is 2. The summed E-state index contributed by atoms with van der Waals surface area (Å²) in [5.41, 5.74) is 1.67. The maximum atomic E-state index is 12.2. The van der Waals surface area contributed by atoms with Gasteiger partial charge in [0.15, 0.2) is 0 Å². The lowest BCUT2D eigenvalue weighted by molar-refractivity contribution is -0.119. The molecule has 1 atom stereocenters. The Labute approximate surface area is 138 Å². The van der Waals surface area contributed by atoms with E-state index in [9.17, 15) is 9.59 Å². The van der Waals surface area contributed by atoms with Gasteiger partial charge < -0.3 is 10.3 Å². The Kier molecular flexibility index (Phi) is 4.33. The van der Waals surface area contributed by atoms with Crippen LogP contribution in [0, 0.1) is 0 Å². The van der Waals surface area contributed by atoms with Crippen LogP contribution in [0.15, 0.2) is 41.3 Å². The van der Waals surface area contributed by atoms with Crippen molar-refractivity contribution in [2.45, 2.75) is 26.3 Å². The minimum absolute atomic E-state index is 0.185. The number of carbonyl (C=O) groups excluding carboxylic acids is 1. The molecule has 2 N–H and O–H groups in total. The van der Waals surface area contributed by atoms with Gasteiger partial charge >= 0.3 is 0 Å². The summed E-state index contributed by atoms with van der Waals surface area (Å²) in [5, 5.41) is 11.7. The Hall–Kier alpha value is -3.09. The zero-order chi connectivity index (χ0) is 17.1. The van der Waals surface area contributed by atoms with Crippen molar-refractivity contribution in [3.05, 3.63) is 64.0 Å². The molecule has 0 fully saturated rings. The molecule has 0 spiro atoms. The fraction of sp³-hybridized carbons (Fsp3) is 0.235. The molecule has 7 nitrogen and oxygen atoms in total. The summed E-state index contributed by atoms with van der Waals surface area (Å²) in [6, 6.07) is 9.25. The van der Waals surface area contributed by atoms with Gasteiger partial charge in [-0.3, -0.25) is 14.6 Å². The molecular formula is C17H17N5O2. The number of carbonyl (C=O) groups is 1. The van der Waals surface area contributed by atoms with Crippen LogP contribution in [0.25, 0.3) is 10.9 Å². The average Bonchev–Trinajstić information content (AvgIpc) is 2.54. The van der Waals surface area contributed by atoms with E-state index in [1.807, 2.05) is 30.3 Å². The average molecular weight is 323 g/mol. The van der Waals surface area contributed by atoms with E-state index in [1.54, 1.807) is 13.1 Å². The number of benzene rings is 1. The highest BCUT2D eigenvalue weighted by molar-refractivity contribution is 5.81. The highest BCUT2D eigenvalue weighted by Gasteiger charge is 2.14. The lowest BCUT2D eigenvalue weighted by Gasteiger charge is -2.10. The molecule has 0 aliphatic heterocycles. The molecule has 0 saturated carbocycles. The molecule has 2 heterocycles. The van der Waals surface area contributed by atoms with Crippen molar-refractivity contribution in [3.8, 4) is 0 Å². The van der Waals surface area contributed by atoms with Gasteiger partial charge in [-0.1, -0.05) is 24.3 Å². The maximum absolute atomic E-state index is 12.2. The first kappa shape index (κ1) is 15.8. The highest BCUT2D eigenvalue weighted by atomic mass is 16.1. The molecule has 2 aromatic heterocycles. The number of aromatic nitrogens is 4. The van der Waals surface area contributed by atoms with Gasteiger partial charge in [-0.05, 0) is 18.6 Å². The molecule has 3 rings (SSSR count). The van der Waals surface area contributed by atoms with E-state index < -0.39 is 6.04 Å². The number of nitrogens with one attached hydrogen (secondary N) is 2. The summed E-state index contributed by atoms with van der Waals surface area (Å²) in [6.45, 7) is 3.08. The summed E-state index contributed by atoms with van der Waals surface area (Å²) in [7, 11) is 0. The number of para-hydroxylation sites is 1. The third-order valence-corrected chi connectivity index (χ3v) is 3.67. The topological polar surface area (TPSA) is 101 Å². The fourth-order valence-corrected chi connectivity index (χ4v) is 2.61. The Morgan fingerprint density at radius 1 is 1.25 bits per heavy atom. The first-order valence-electron chi connectivity index (χ1n) is 7.60. The van der Waals surface area contributed by atoms with Crippen LogP contribution in [0.4, 0.5) is 0 Å². The lowest BCUT2D eigenvalue weighted by atomic mass is 10.1. The smallest absolute Gasteiger partial charge is 0.275 e. The molecule has 1 unspecified atom stereocenters. The summed E-state index contributed by atoms with van der Waals surface area (Å²) in [4.78, 5) is 30.4. The predicted octanol–water partition coefficient (Wildman–Crippen LogP) is 1.50. The Bertz CT molecular complexity index is 946. The second kappa shape index (κ2) is 6.57. The van der Waals surface area contributed by atoms with Crippen molar-refractivity contribution in [2.24, 2.45) is 0 Å². The van der Waals surface area contributed by atoms with E-state index in [0.717, 1.165) is 16.5 Å². The lowest BCUT2D eigenvalue weighted by Crippen LogP contribution is -2.31. The largest absolute Gasteiger partial charge is 0.348 e. The zero-order valence-corrected chi connectivity index (χ0v) is 13.4. The van der Waals surface area contributed by atoms with Gasteiger partial charge in [0.1, 0.15) is 11.5 Å². The monoisotopic (exact) mass is 323 g/mol. The number of H-pyrrole nitrogens is 1. The first-order valence-corrected chi connectivity index (χ1v) is 7.60. The molecule has 1 amide bonds. The van der Waals surface area contributed by atoms with Gasteiger partial charge in [0.05, 0.1) is 11.6 Å². The fourth-order valence-electron chi connectivity index (χ4n) is 2.61. The van der Waals surface area contributed by atoms with Gasteiger partial charge in [-0.15, -0.1) is 10.2 Å². The number of rotatable bonds is 4. The summed E-state index contributed by atoms with van der Waals surface area (Å²) in [5.74, 6) is 0.228. The van der Waals surface area contributed by atoms with Crippen molar-refractivity contribution < 1.29 is 4.79 Å². The van der Waals surface area contributed by atoms with Gasteiger partial charge in [-0.2, -0.15) is 0 Å². The van der Waals surface area contributed by atoms with E-state index in [2.05, 4.69) is 25.5 Å². The standard InChI is InChI=1S/C17H17N5O2/c1-10(19-11(2)23)15-17(24)20-14(21-22-15)9-13-6-3-5-12-7-4-8-18-16(12)13/h3-8,10H,9H2,1-2H3,(H,19,23)(H,20,21,24). The van der Waals surface area contributed by atoms with Crippen LogP contribution in [-0.4, -0.2) is 26.1 Å². The van der Waals surface area contributed by atoms with Crippen LogP contribution in [-0.2, 0) is 11.2 Å². The van der Waals surface area contributed by atoms with Crippen LogP contribution in [0.3, 0.4) is 0 Å². The molecule has 0 radical (unpaired) electrons. The highest BCUT2D eigenvalue weighted by Crippen LogP contribution is 2.17. The zero-order valence-electron chi connectivity index (χ0n) is 13.4. The van der Waals surface area contributed by atoms with Crippen LogP contribution in [0.5, 0.6) is 0 Å². The number of amides is 1. The van der Waals surface area contributed by atoms with Gasteiger partial charge in [0.2, 0.25) is 5.91 Å². The van der Waals surface area contributed by atoms with E-state index in [1.165, 1.54) is 6.92 Å². The molecule has 1 aromatic carbocycles. The van der Waals surface area contributed by atoms with E-state index >= 15 is 0 Å². The maximum Gasteiger partial charge on any atom is 0.275 e. The van der Waals surface area contributed by atoms with E-state index in [0.29, 0.717) is 12.2 Å². The van der Waals surface area contributed by atoms with Crippen LogP contribution >= 0.6 is 0 Å². The van der Waals surface area contributed by atoms with E-state index in [4.69, 9.17) is 0 Å². The van der Waals surface area contributed by atoms with E-state index in [-0.39, 0.29) is 17.2 Å². The number of hydrogen-bond acceptors (Lipinski definition) is 5. The second-order valence-corrected chi connectivity index (χ2v) is 5.58. The molecule has 0 bridgehead atoms. The Balaban J connectivity index is 1.89. The molecule has 122 valence electrons. The Morgan fingerprint density at radius 3 is 2.79 bits per heavy atom. The van der Waals surface area contributed by atoms with Crippen LogP contribution in [0.2, 0.25) is 0 Å². The Morgan fingerprint density at radius 2 is 2.04 bits per heavy atom. The molecular weight excluding hydrogens is 306 g/mol. The number of pyridine rings is 1. The number of aromatic amines is 1.